The van der Waals surface area contributed by atoms with Crippen LogP contribution in [0, 0.1) is 11.6 Å². The molecule has 112 valence electrons. The minimum Gasteiger partial charge on any atom is -0.391 e. The predicted molar refractivity (Wildman–Crippen MR) is 72.5 cm³/mol. The molecule has 1 atom stereocenters. The number of rotatable bonds is 4. The topological polar surface area (TPSA) is 32.7 Å². The molecule has 1 unspecified atom stereocenters. The quantitative estimate of drug-likeness (QED) is 0.918. The fourth-order valence-electron chi connectivity index (χ4n) is 2.52. The fourth-order valence-corrected chi connectivity index (χ4v) is 2.52. The number of aliphatic hydroxyl groups is 1. The number of aliphatic hydroxyl groups excluding tert-OH is 1. The molecule has 3 nitrogen and oxygen atoms in total. The summed E-state index contributed by atoms with van der Waals surface area (Å²) in [5, 5.41) is 10.4. The third kappa shape index (κ3) is 3.16. The summed E-state index contributed by atoms with van der Waals surface area (Å²) < 4.78 is 32.6. The summed E-state index contributed by atoms with van der Waals surface area (Å²) in [6, 6.07) is 3.76. The normalized spacial score (nSPS) is 19.1. The first-order valence-corrected chi connectivity index (χ1v) is 6.86. The van der Waals surface area contributed by atoms with E-state index in [1.807, 2.05) is 13.8 Å². The van der Waals surface area contributed by atoms with Crippen molar-refractivity contribution in [3.05, 3.63) is 35.4 Å². The Labute approximate surface area is 118 Å². The summed E-state index contributed by atoms with van der Waals surface area (Å²) in [7, 11) is 0. The van der Waals surface area contributed by atoms with Crippen molar-refractivity contribution < 1.29 is 18.6 Å². The van der Waals surface area contributed by atoms with Gasteiger partial charge in [-0.15, -0.1) is 0 Å². The lowest BCUT2D eigenvalue weighted by atomic mass is 9.89. The summed E-state index contributed by atoms with van der Waals surface area (Å²) in [4.78, 5) is 2.10. The SMILES string of the molecule is CC(C)(C(O)Cc1c(F)cccc1F)N1CCOCC1. The molecule has 1 N–H and O–H groups in total. The summed E-state index contributed by atoms with van der Waals surface area (Å²) >= 11 is 0. The largest absolute Gasteiger partial charge is 0.391 e. The van der Waals surface area contributed by atoms with Crippen LogP contribution in [0.4, 0.5) is 8.78 Å². The van der Waals surface area contributed by atoms with Crippen LogP contribution in [-0.4, -0.2) is 48.0 Å². The molecule has 1 aromatic rings. The maximum Gasteiger partial charge on any atom is 0.129 e. The van der Waals surface area contributed by atoms with E-state index in [1.54, 1.807) is 0 Å². The minimum atomic E-state index is -0.855. The number of halogens is 2. The van der Waals surface area contributed by atoms with Gasteiger partial charge in [0.05, 0.1) is 19.3 Å². The van der Waals surface area contributed by atoms with Crippen LogP contribution in [0.1, 0.15) is 19.4 Å². The number of hydrogen-bond donors (Lipinski definition) is 1. The highest BCUT2D eigenvalue weighted by molar-refractivity contribution is 5.21. The molecule has 1 fully saturated rings. The van der Waals surface area contributed by atoms with Crippen molar-refractivity contribution in [1.29, 1.82) is 0 Å². The van der Waals surface area contributed by atoms with Crippen LogP contribution in [0.15, 0.2) is 18.2 Å². The fraction of sp³-hybridized carbons (Fsp3) is 0.600. The van der Waals surface area contributed by atoms with Gasteiger partial charge in [0.2, 0.25) is 0 Å². The van der Waals surface area contributed by atoms with Gasteiger partial charge >= 0.3 is 0 Å². The Morgan fingerprint density at radius 1 is 1.25 bits per heavy atom. The Hall–Kier alpha value is -1.04. The van der Waals surface area contributed by atoms with Crippen LogP contribution < -0.4 is 0 Å². The van der Waals surface area contributed by atoms with Crippen LogP contribution in [0.25, 0.3) is 0 Å². The van der Waals surface area contributed by atoms with Crippen LogP contribution in [0.3, 0.4) is 0 Å². The minimum absolute atomic E-state index is 0.0388. The molecule has 1 aliphatic heterocycles. The van der Waals surface area contributed by atoms with Crippen molar-refractivity contribution in [1.82, 2.24) is 4.90 Å². The standard InChI is InChI=1S/C15H21F2NO2/c1-15(2,18-6-8-20-9-7-18)14(19)10-11-12(16)4-3-5-13(11)17/h3-5,14,19H,6-10H2,1-2H3. The van der Waals surface area contributed by atoms with Gasteiger partial charge in [0.15, 0.2) is 0 Å². The third-order valence-corrected chi connectivity index (χ3v) is 4.10. The van der Waals surface area contributed by atoms with Gasteiger partial charge < -0.3 is 9.84 Å². The van der Waals surface area contributed by atoms with E-state index in [0.29, 0.717) is 26.3 Å². The zero-order chi connectivity index (χ0) is 14.8. The van der Waals surface area contributed by atoms with E-state index in [-0.39, 0.29) is 12.0 Å². The Balaban J connectivity index is 2.12. The number of hydrogen-bond acceptors (Lipinski definition) is 3. The molecule has 0 bridgehead atoms. The maximum atomic E-state index is 13.7. The first kappa shape index (κ1) is 15.4. The smallest absolute Gasteiger partial charge is 0.129 e. The van der Waals surface area contributed by atoms with Gasteiger partial charge in [0.25, 0.3) is 0 Å². The molecule has 20 heavy (non-hydrogen) atoms. The van der Waals surface area contributed by atoms with Crippen molar-refractivity contribution >= 4 is 0 Å². The highest BCUT2D eigenvalue weighted by Crippen LogP contribution is 2.25. The monoisotopic (exact) mass is 285 g/mol. The Morgan fingerprint density at radius 3 is 2.35 bits per heavy atom. The van der Waals surface area contributed by atoms with E-state index in [0.717, 1.165) is 0 Å². The van der Waals surface area contributed by atoms with Crippen LogP contribution >= 0.6 is 0 Å². The van der Waals surface area contributed by atoms with Gasteiger partial charge in [0, 0.05) is 30.6 Å². The molecule has 0 spiro atoms. The molecule has 0 aliphatic carbocycles. The summed E-state index contributed by atoms with van der Waals surface area (Å²) in [5.74, 6) is -1.22. The van der Waals surface area contributed by atoms with E-state index in [4.69, 9.17) is 4.74 Å². The Kier molecular flexibility index (Phi) is 4.73. The molecular weight excluding hydrogens is 264 g/mol. The average molecular weight is 285 g/mol. The second kappa shape index (κ2) is 6.16. The molecule has 2 rings (SSSR count). The molecule has 5 heteroatoms. The van der Waals surface area contributed by atoms with E-state index >= 15 is 0 Å². The summed E-state index contributed by atoms with van der Waals surface area (Å²) in [6.45, 7) is 6.44. The average Bonchev–Trinajstić information content (AvgIpc) is 2.43. The molecule has 0 saturated carbocycles. The zero-order valence-electron chi connectivity index (χ0n) is 11.9. The van der Waals surface area contributed by atoms with Crippen molar-refractivity contribution in [2.45, 2.75) is 31.9 Å². The first-order valence-electron chi connectivity index (χ1n) is 6.86. The van der Waals surface area contributed by atoms with Crippen molar-refractivity contribution in [2.75, 3.05) is 26.3 Å². The number of nitrogens with zero attached hydrogens (tertiary/aromatic N) is 1. The van der Waals surface area contributed by atoms with Crippen molar-refractivity contribution in [3.8, 4) is 0 Å². The molecule has 1 aliphatic rings. The van der Waals surface area contributed by atoms with Crippen molar-refractivity contribution in [2.24, 2.45) is 0 Å². The van der Waals surface area contributed by atoms with Crippen LogP contribution in [0.2, 0.25) is 0 Å². The van der Waals surface area contributed by atoms with Crippen LogP contribution in [-0.2, 0) is 11.2 Å². The lowest BCUT2D eigenvalue weighted by Gasteiger charge is -2.43. The molecule has 0 radical (unpaired) electrons. The molecule has 1 saturated heterocycles. The first-order chi connectivity index (χ1) is 9.43. The highest BCUT2D eigenvalue weighted by atomic mass is 19.1. The van der Waals surface area contributed by atoms with Gasteiger partial charge in [-0.2, -0.15) is 0 Å². The lowest BCUT2D eigenvalue weighted by molar-refractivity contribution is -0.0615. The van der Waals surface area contributed by atoms with E-state index < -0.39 is 23.3 Å². The van der Waals surface area contributed by atoms with E-state index in [1.165, 1.54) is 18.2 Å². The maximum absolute atomic E-state index is 13.7. The lowest BCUT2D eigenvalue weighted by Crippen LogP contribution is -2.56. The van der Waals surface area contributed by atoms with Gasteiger partial charge in [-0.1, -0.05) is 6.07 Å². The molecule has 1 heterocycles. The Morgan fingerprint density at radius 2 is 1.80 bits per heavy atom. The van der Waals surface area contributed by atoms with Gasteiger partial charge in [-0.25, -0.2) is 8.78 Å². The number of morpholine rings is 1. The van der Waals surface area contributed by atoms with Crippen LogP contribution in [0.5, 0.6) is 0 Å². The number of ether oxygens (including phenoxy) is 1. The van der Waals surface area contributed by atoms with E-state index in [9.17, 15) is 13.9 Å². The third-order valence-electron chi connectivity index (χ3n) is 4.10. The van der Waals surface area contributed by atoms with E-state index in [2.05, 4.69) is 4.90 Å². The van der Waals surface area contributed by atoms with Gasteiger partial charge in [0.1, 0.15) is 11.6 Å². The molecule has 0 amide bonds. The molecule has 1 aromatic carbocycles. The predicted octanol–water partition coefficient (Wildman–Crippen LogP) is 1.98. The summed E-state index contributed by atoms with van der Waals surface area (Å²) in [6.07, 6.45) is -0.893. The van der Waals surface area contributed by atoms with Gasteiger partial charge in [-0.3, -0.25) is 4.90 Å². The number of benzene rings is 1. The second-order valence-corrected chi connectivity index (χ2v) is 5.67. The summed E-state index contributed by atoms with van der Waals surface area (Å²) in [5.41, 5.74) is -0.611. The zero-order valence-corrected chi connectivity index (χ0v) is 11.9. The Bertz CT molecular complexity index is 439. The highest BCUT2D eigenvalue weighted by Gasteiger charge is 2.36. The van der Waals surface area contributed by atoms with Crippen molar-refractivity contribution in [3.63, 3.8) is 0 Å². The second-order valence-electron chi connectivity index (χ2n) is 5.67. The molecule has 0 aromatic heterocycles. The molecular formula is C15H21F2NO2. The van der Waals surface area contributed by atoms with Gasteiger partial charge in [-0.05, 0) is 26.0 Å².